The lowest BCUT2D eigenvalue weighted by atomic mass is 9.78. The Morgan fingerprint density at radius 2 is 2.00 bits per heavy atom. The molecule has 0 bridgehead atoms. The molecule has 114 valence electrons. The summed E-state index contributed by atoms with van der Waals surface area (Å²) in [5.41, 5.74) is 1.01. The predicted octanol–water partition coefficient (Wildman–Crippen LogP) is 3.80. The lowest BCUT2D eigenvalue weighted by molar-refractivity contribution is -0.149. The molecule has 21 heavy (non-hydrogen) atoms. The van der Waals surface area contributed by atoms with Crippen LogP contribution in [0.1, 0.15) is 44.1 Å². The van der Waals surface area contributed by atoms with Crippen molar-refractivity contribution in [1.82, 2.24) is 5.32 Å². The van der Waals surface area contributed by atoms with Crippen LogP contribution in [0.4, 0.5) is 0 Å². The molecule has 0 spiro atoms. The molecule has 2 aliphatic rings. The summed E-state index contributed by atoms with van der Waals surface area (Å²) in [5.74, 6) is 0.667. The van der Waals surface area contributed by atoms with E-state index in [9.17, 15) is 4.79 Å². The van der Waals surface area contributed by atoms with Gasteiger partial charge >= 0.3 is 5.97 Å². The quantitative estimate of drug-likeness (QED) is 0.841. The molecule has 4 heteroatoms. The fourth-order valence-corrected chi connectivity index (χ4v) is 3.95. The van der Waals surface area contributed by atoms with Crippen LogP contribution in [-0.4, -0.2) is 18.1 Å². The molecule has 1 aromatic carbocycles. The van der Waals surface area contributed by atoms with Crippen molar-refractivity contribution in [3.8, 4) is 0 Å². The Labute approximate surface area is 134 Å². The van der Waals surface area contributed by atoms with Crippen LogP contribution in [0.5, 0.6) is 0 Å². The molecule has 0 radical (unpaired) electrons. The number of carbonyl (C=O) groups excluding carboxylic acids is 1. The Morgan fingerprint density at radius 3 is 2.86 bits per heavy atom. The predicted molar refractivity (Wildman–Crippen MR) is 85.8 cm³/mol. The van der Waals surface area contributed by atoms with Gasteiger partial charge in [-0.05, 0) is 37.7 Å². The first-order valence-corrected chi connectivity index (χ1v) is 8.69. The van der Waals surface area contributed by atoms with E-state index in [4.69, 9.17) is 4.74 Å². The first-order valence-electron chi connectivity index (χ1n) is 7.90. The highest BCUT2D eigenvalue weighted by molar-refractivity contribution is 9.10. The van der Waals surface area contributed by atoms with Gasteiger partial charge in [-0.2, -0.15) is 0 Å². The molecule has 1 N–H and O–H groups in total. The highest BCUT2D eigenvalue weighted by atomic mass is 79.9. The van der Waals surface area contributed by atoms with Crippen molar-refractivity contribution in [3.05, 3.63) is 34.3 Å². The highest BCUT2D eigenvalue weighted by Gasteiger charge is 2.35. The SMILES string of the molecule is O=C(OCc1ccccc1Br)C1CCC2CCCCC2N1. The van der Waals surface area contributed by atoms with Crippen molar-refractivity contribution in [2.24, 2.45) is 5.92 Å². The van der Waals surface area contributed by atoms with Gasteiger partial charge < -0.3 is 10.1 Å². The maximum atomic E-state index is 12.3. The minimum absolute atomic E-state index is 0.102. The monoisotopic (exact) mass is 351 g/mol. The molecule has 1 aromatic rings. The number of hydrogen-bond acceptors (Lipinski definition) is 3. The van der Waals surface area contributed by atoms with Crippen molar-refractivity contribution in [3.63, 3.8) is 0 Å². The Hall–Kier alpha value is -0.870. The molecule has 3 nitrogen and oxygen atoms in total. The number of rotatable bonds is 3. The van der Waals surface area contributed by atoms with Crippen molar-refractivity contribution in [2.45, 2.75) is 57.2 Å². The largest absolute Gasteiger partial charge is 0.460 e. The summed E-state index contributed by atoms with van der Waals surface area (Å²) >= 11 is 3.48. The number of benzene rings is 1. The van der Waals surface area contributed by atoms with Gasteiger partial charge in [0.15, 0.2) is 0 Å². The van der Waals surface area contributed by atoms with Gasteiger partial charge in [0, 0.05) is 16.1 Å². The molecule has 1 heterocycles. The number of piperidine rings is 1. The second-order valence-electron chi connectivity index (χ2n) is 6.15. The van der Waals surface area contributed by atoms with E-state index in [1.807, 2.05) is 24.3 Å². The van der Waals surface area contributed by atoms with Gasteiger partial charge in [-0.3, -0.25) is 4.79 Å². The molecular weight excluding hydrogens is 330 g/mol. The van der Waals surface area contributed by atoms with Crippen molar-refractivity contribution in [2.75, 3.05) is 0 Å². The minimum atomic E-state index is -0.119. The van der Waals surface area contributed by atoms with Gasteiger partial charge in [0.1, 0.15) is 12.6 Å². The normalized spacial score (nSPS) is 28.7. The first kappa shape index (κ1) is 15.0. The number of halogens is 1. The van der Waals surface area contributed by atoms with Crippen LogP contribution in [0.15, 0.2) is 28.7 Å². The second kappa shape index (κ2) is 6.93. The van der Waals surface area contributed by atoms with Gasteiger partial charge in [-0.15, -0.1) is 0 Å². The van der Waals surface area contributed by atoms with Crippen LogP contribution in [0.3, 0.4) is 0 Å². The zero-order valence-electron chi connectivity index (χ0n) is 12.2. The highest BCUT2D eigenvalue weighted by Crippen LogP contribution is 2.32. The summed E-state index contributed by atoms with van der Waals surface area (Å²) < 4.78 is 6.48. The maximum Gasteiger partial charge on any atom is 0.323 e. The number of esters is 1. The smallest absolute Gasteiger partial charge is 0.323 e. The molecule has 0 amide bonds. The number of fused-ring (bicyclic) bond motifs is 1. The molecule has 1 saturated heterocycles. The fraction of sp³-hybridized carbons (Fsp3) is 0.588. The van der Waals surface area contributed by atoms with Crippen LogP contribution in [0.2, 0.25) is 0 Å². The molecule has 3 unspecified atom stereocenters. The zero-order valence-corrected chi connectivity index (χ0v) is 13.8. The Bertz CT molecular complexity index is 505. The van der Waals surface area contributed by atoms with E-state index in [1.165, 1.54) is 25.7 Å². The third-order valence-corrected chi connectivity index (χ3v) is 5.54. The third kappa shape index (κ3) is 3.67. The Morgan fingerprint density at radius 1 is 1.19 bits per heavy atom. The van der Waals surface area contributed by atoms with E-state index in [0.717, 1.165) is 28.8 Å². The lowest BCUT2D eigenvalue weighted by Crippen LogP contribution is -2.52. The van der Waals surface area contributed by atoms with E-state index in [1.54, 1.807) is 0 Å². The minimum Gasteiger partial charge on any atom is -0.460 e. The third-order valence-electron chi connectivity index (χ3n) is 4.76. The average Bonchev–Trinajstić information content (AvgIpc) is 2.53. The van der Waals surface area contributed by atoms with Crippen molar-refractivity contribution in [1.29, 1.82) is 0 Å². The molecular formula is C17H22BrNO2. The summed E-state index contributed by atoms with van der Waals surface area (Å²) in [7, 11) is 0. The van der Waals surface area contributed by atoms with Crippen LogP contribution >= 0.6 is 15.9 Å². The van der Waals surface area contributed by atoms with E-state index >= 15 is 0 Å². The van der Waals surface area contributed by atoms with Gasteiger partial charge in [0.25, 0.3) is 0 Å². The molecule has 1 aliphatic carbocycles. The second-order valence-corrected chi connectivity index (χ2v) is 7.00. The standard InChI is InChI=1S/C17H22BrNO2/c18-14-7-3-1-6-13(14)11-21-17(20)16-10-9-12-5-2-4-8-15(12)19-16/h1,3,6-7,12,15-16,19H,2,4-5,8-11H2. The van der Waals surface area contributed by atoms with Crippen LogP contribution in [-0.2, 0) is 16.1 Å². The zero-order chi connectivity index (χ0) is 14.7. The van der Waals surface area contributed by atoms with E-state index in [-0.39, 0.29) is 12.0 Å². The molecule has 2 fully saturated rings. The summed E-state index contributed by atoms with van der Waals surface area (Å²) in [4.78, 5) is 12.3. The van der Waals surface area contributed by atoms with Gasteiger partial charge in [0.05, 0.1) is 0 Å². The summed E-state index contributed by atoms with van der Waals surface area (Å²) in [6, 6.07) is 8.26. The van der Waals surface area contributed by atoms with Crippen molar-refractivity contribution < 1.29 is 9.53 Å². The summed E-state index contributed by atoms with van der Waals surface area (Å²) in [5, 5.41) is 3.52. The Balaban J connectivity index is 1.53. The summed E-state index contributed by atoms with van der Waals surface area (Å²) in [6.07, 6.45) is 7.23. The van der Waals surface area contributed by atoms with Gasteiger partial charge in [-0.1, -0.05) is 47.0 Å². The van der Waals surface area contributed by atoms with Gasteiger partial charge in [-0.25, -0.2) is 0 Å². The summed E-state index contributed by atoms with van der Waals surface area (Å²) in [6.45, 7) is 0.340. The number of hydrogen-bond donors (Lipinski definition) is 1. The molecule has 0 aromatic heterocycles. The molecule has 1 saturated carbocycles. The number of ether oxygens (including phenoxy) is 1. The molecule has 1 aliphatic heterocycles. The Kier molecular flexibility index (Phi) is 4.96. The number of nitrogens with one attached hydrogen (secondary N) is 1. The number of carbonyl (C=O) groups is 1. The van der Waals surface area contributed by atoms with Crippen molar-refractivity contribution >= 4 is 21.9 Å². The fourth-order valence-electron chi connectivity index (χ4n) is 3.55. The topological polar surface area (TPSA) is 38.3 Å². The van der Waals surface area contributed by atoms with Gasteiger partial charge in [0.2, 0.25) is 0 Å². The molecule has 3 atom stereocenters. The van der Waals surface area contributed by atoms with E-state index < -0.39 is 0 Å². The lowest BCUT2D eigenvalue weighted by Gasteiger charge is -2.39. The van der Waals surface area contributed by atoms with Crippen LogP contribution < -0.4 is 5.32 Å². The van der Waals surface area contributed by atoms with E-state index in [2.05, 4.69) is 21.2 Å². The first-order chi connectivity index (χ1) is 10.2. The van der Waals surface area contributed by atoms with Crippen LogP contribution in [0, 0.1) is 5.92 Å². The van der Waals surface area contributed by atoms with Crippen LogP contribution in [0.25, 0.3) is 0 Å². The maximum absolute atomic E-state index is 12.3. The average molecular weight is 352 g/mol. The van der Waals surface area contributed by atoms with E-state index in [0.29, 0.717) is 12.6 Å². The molecule has 3 rings (SSSR count).